The van der Waals surface area contributed by atoms with Gasteiger partial charge < -0.3 is 4.74 Å². The van der Waals surface area contributed by atoms with Crippen LogP contribution in [0, 0.1) is 12.7 Å². The summed E-state index contributed by atoms with van der Waals surface area (Å²) in [5.74, 6) is 0.845. The number of hydrogen-bond acceptors (Lipinski definition) is 4. The molecule has 0 unspecified atom stereocenters. The van der Waals surface area contributed by atoms with Crippen LogP contribution in [0.3, 0.4) is 0 Å². The molecule has 0 saturated heterocycles. The van der Waals surface area contributed by atoms with Gasteiger partial charge in [-0.05, 0) is 55.2 Å². The van der Waals surface area contributed by atoms with E-state index in [0.29, 0.717) is 18.3 Å². The van der Waals surface area contributed by atoms with Gasteiger partial charge in [-0.25, -0.2) is 9.37 Å². The lowest BCUT2D eigenvalue weighted by molar-refractivity contribution is 0.243. The summed E-state index contributed by atoms with van der Waals surface area (Å²) in [5, 5.41) is 0. The molecule has 6 heteroatoms. The molecular weight excluding hydrogens is 413 g/mol. The molecule has 0 amide bonds. The lowest BCUT2D eigenvalue weighted by Crippen LogP contribution is -2.30. The van der Waals surface area contributed by atoms with Crippen LogP contribution in [0.1, 0.15) is 24.1 Å². The highest BCUT2D eigenvalue weighted by atomic mass is 35.5. The predicted molar refractivity (Wildman–Crippen MR) is 125 cm³/mol. The molecule has 4 nitrogen and oxygen atoms in total. The van der Waals surface area contributed by atoms with Crippen LogP contribution in [0.2, 0.25) is 0 Å². The van der Waals surface area contributed by atoms with Gasteiger partial charge in [-0.2, -0.15) is 4.98 Å². The van der Waals surface area contributed by atoms with E-state index in [-0.39, 0.29) is 18.2 Å². The maximum atomic E-state index is 13.2. The molecule has 0 bridgehead atoms. The van der Waals surface area contributed by atoms with Gasteiger partial charge in [0.15, 0.2) is 5.82 Å². The second-order valence-corrected chi connectivity index (χ2v) is 7.53. The largest absolute Gasteiger partial charge is 0.478 e. The van der Waals surface area contributed by atoms with Gasteiger partial charge in [0, 0.05) is 37.0 Å². The van der Waals surface area contributed by atoms with Crippen molar-refractivity contribution in [1.82, 2.24) is 14.9 Å². The molecule has 0 aliphatic carbocycles. The summed E-state index contributed by atoms with van der Waals surface area (Å²) in [4.78, 5) is 11.4. The van der Waals surface area contributed by atoms with Crippen LogP contribution in [0.4, 0.5) is 4.39 Å². The van der Waals surface area contributed by atoms with Crippen molar-refractivity contribution in [3.63, 3.8) is 0 Å². The van der Waals surface area contributed by atoms with Gasteiger partial charge in [0.1, 0.15) is 5.82 Å². The maximum absolute atomic E-state index is 13.2. The van der Waals surface area contributed by atoms with Crippen molar-refractivity contribution in [3.8, 4) is 17.3 Å². The fourth-order valence-electron chi connectivity index (χ4n) is 3.64. The van der Waals surface area contributed by atoms with Crippen LogP contribution >= 0.6 is 12.4 Å². The Labute approximate surface area is 189 Å². The van der Waals surface area contributed by atoms with Gasteiger partial charge >= 0.3 is 0 Å². The van der Waals surface area contributed by atoms with Gasteiger partial charge in [0.05, 0.1) is 6.61 Å². The number of aryl methyl sites for hydroxylation is 1. The maximum Gasteiger partial charge on any atom is 0.217 e. The third-order valence-electron chi connectivity index (χ3n) is 5.24. The fraction of sp³-hybridized carbons (Fsp3) is 0.280. The van der Waals surface area contributed by atoms with Gasteiger partial charge in [-0.1, -0.05) is 36.4 Å². The van der Waals surface area contributed by atoms with E-state index in [0.717, 1.165) is 43.7 Å². The highest BCUT2D eigenvalue weighted by molar-refractivity contribution is 5.85. The van der Waals surface area contributed by atoms with E-state index in [2.05, 4.69) is 51.3 Å². The van der Waals surface area contributed by atoms with Crippen molar-refractivity contribution in [3.05, 3.63) is 83.8 Å². The van der Waals surface area contributed by atoms with Crippen LogP contribution in [0.5, 0.6) is 5.88 Å². The van der Waals surface area contributed by atoms with E-state index in [1.54, 1.807) is 12.1 Å². The van der Waals surface area contributed by atoms with Crippen LogP contribution in [0.25, 0.3) is 17.0 Å². The number of hydrogen-bond donors (Lipinski definition) is 0. The van der Waals surface area contributed by atoms with E-state index < -0.39 is 0 Å². The van der Waals surface area contributed by atoms with Crippen molar-refractivity contribution < 1.29 is 9.13 Å². The monoisotopic (exact) mass is 439 g/mol. The third-order valence-corrected chi connectivity index (χ3v) is 5.24. The Morgan fingerprint density at radius 1 is 1.00 bits per heavy atom. The minimum Gasteiger partial charge on any atom is -0.478 e. The molecular formula is C25H27ClFN3O. The van der Waals surface area contributed by atoms with Crippen LogP contribution in [-0.2, 0) is 0 Å². The van der Waals surface area contributed by atoms with Crippen LogP contribution < -0.4 is 4.74 Å². The number of nitrogens with zero attached hydrogens (tertiary/aromatic N) is 3. The average molecular weight is 440 g/mol. The molecule has 0 atom stereocenters. The third kappa shape index (κ3) is 6.36. The molecule has 4 rings (SSSR count). The summed E-state index contributed by atoms with van der Waals surface area (Å²) in [6.45, 7) is 5.55. The number of ether oxygens (including phenoxy) is 1. The second-order valence-electron chi connectivity index (χ2n) is 7.53. The zero-order valence-corrected chi connectivity index (χ0v) is 18.4. The summed E-state index contributed by atoms with van der Waals surface area (Å²) >= 11 is 0. The Balaban J connectivity index is 0.00000272. The Morgan fingerprint density at radius 3 is 2.48 bits per heavy atom. The summed E-state index contributed by atoms with van der Waals surface area (Å²) in [7, 11) is 0. The van der Waals surface area contributed by atoms with Crippen molar-refractivity contribution in [2.75, 3.05) is 26.2 Å². The Kier molecular flexibility index (Phi) is 8.15. The van der Waals surface area contributed by atoms with Gasteiger partial charge in [0.2, 0.25) is 5.88 Å². The summed E-state index contributed by atoms with van der Waals surface area (Å²) in [6.07, 6.45) is 4.35. The molecule has 31 heavy (non-hydrogen) atoms. The van der Waals surface area contributed by atoms with Crippen molar-refractivity contribution in [2.45, 2.75) is 19.8 Å². The highest BCUT2D eigenvalue weighted by Crippen LogP contribution is 2.22. The van der Waals surface area contributed by atoms with Gasteiger partial charge in [-0.3, -0.25) is 4.90 Å². The minimum atomic E-state index is -0.272. The van der Waals surface area contributed by atoms with Gasteiger partial charge in [0.25, 0.3) is 0 Å². The predicted octanol–water partition coefficient (Wildman–Crippen LogP) is 5.57. The summed E-state index contributed by atoms with van der Waals surface area (Å²) < 4.78 is 19.0. The molecule has 0 N–H and O–H groups in total. The Morgan fingerprint density at radius 2 is 1.77 bits per heavy atom. The SMILES string of the molecule is Cc1cc(OCCCN2CC=C(c3ccccc3)CC2)nc(-c2ccc(F)cc2)n1.Cl. The van der Waals surface area contributed by atoms with E-state index in [9.17, 15) is 4.39 Å². The molecule has 0 spiro atoms. The lowest BCUT2D eigenvalue weighted by atomic mass is 9.99. The number of halogens is 2. The smallest absolute Gasteiger partial charge is 0.217 e. The first-order valence-electron chi connectivity index (χ1n) is 10.4. The molecule has 0 fully saturated rings. The van der Waals surface area contributed by atoms with Crippen molar-refractivity contribution in [2.24, 2.45) is 0 Å². The number of rotatable bonds is 7. The zero-order chi connectivity index (χ0) is 20.8. The first-order valence-corrected chi connectivity index (χ1v) is 10.4. The molecule has 1 aliphatic rings. The second kappa shape index (κ2) is 11.0. The first kappa shape index (κ1) is 22.9. The fourth-order valence-corrected chi connectivity index (χ4v) is 3.64. The normalized spacial score (nSPS) is 13.9. The molecule has 0 radical (unpaired) electrons. The van der Waals surface area contributed by atoms with Crippen molar-refractivity contribution >= 4 is 18.0 Å². The summed E-state index contributed by atoms with van der Waals surface area (Å²) in [6, 6.07) is 18.6. The quantitative estimate of drug-likeness (QED) is 0.451. The standard InChI is InChI=1S/C25H26FN3O.ClH/c1-19-18-24(28-25(27-19)22-8-10-23(26)11-9-22)30-17-5-14-29-15-12-21(13-16-29)20-6-3-2-4-7-20;/h2-4,6-12,18H,5,13-17H2,1H3;1H. The minimum absolute atomic E-state index is 0. The number of aromatic nitrogens is 2. The van der Waals surface area contributed by atoms with Crippen LogP contribution in [-0.4, -0.2) is 41.1 Å². The van der Waals surface area contributed by atoms with Crippen molar-refractivity contribution in [1.29, 1.82) is 0 Å². The topological polar surface area (TPSA) is 38.2 Å². The number of benzene rings is 2. The zero-order valence-electron chi connectivity index (χ0n) is 17.6. The van der Waals surface area contributed by atoms with E-state index >= 15 is 0 Å². The van der Waals surface area contributed by atoms with E-state index in [4.69, 9.17) is 4.74 Å². The molecule has 1 aromatic heterocycles. The first-order chi connectivity index (χ1) is 14.7. The molecule has 2 aromatic carbocycles. The molecule has 1 aliphatic heterocycles. The molecule has 0 saturated carbocycles. The molecule has 162 valence electrons. The lowest BCUT2D eigenvalue weighted by Gasteiger charge is -2.26. The molecule has 3 aromatic rings. The highest BCUT2D eigenvalue weighted by Gasteiger charge is 2.13. The van der Waals surface area contributed by atoms with Gasteiger partial charge in [-0.15, -0.1) is 12.4 Å². The Bertz CT molecular complexity index is 1010. The summed E-state index contributed by atoms with van der Waals surface area (Å²) in [5.41, 5.74) is 4.37. The Hall–Kier alpha value is -2.76. The van der Waals surface area contributed by atoms with E-state index in [1.165, 1.54) is 23.3 Å². The average Bonchev–Trinajstić information content (AvgIpc) is 2.78. The van der Waals surface area contributed by atoms with Crippen LogP contribution in [0.15, 0.2) is 66.7 Å². The molecule has 2 heterocycles. The van der Waals surface area contributed by atoms with E-state index in [1.807, 2.05) is 13.0 Å².